The fraction of sp³-hybridized carbons (Fsp3) is 0.625. The molecule has 2 rings (SSSR count). The predicted molar refractivity (Wildman–Crippen MR) is 76.2 cm³/mol. The molecular formula is C16H25NO. The molecule has 0 bridgehead atoms. The summed E-state index contributed by atoms with van der Waals surface area (Å²) in [5.74, 6) is 1.80. The van der Waals surface area contributed by atoms with Gasteiger partial charge in [0.15, 0.2) is 0 Å². The zero-order chi connectivity index (χ0) is 13.1. The lowest BCUT2D eigenvalue weighted by atomic mass is 9.94. The van der Waals surface area contributed by atoms with Gasteiger partial charge in [-0.2, -0.15) is 0 Å². The lowest BCUT2D eigenvalue weighted by Crippen LogP contribution is -2.26. The van der Waals surface area contributed by atoms with Crippen LogP contribution in [0.3, 0.4) is 0 Å². The highest BCUT2D eigenvalue weighted by Gasteiger charge is 2.24. The third kappa shape index (κ3) is 3.26. The van der Waals surface area contributed by atoms with E-state index in [4.69, 9.17) is 4.74 Å². The number of aryl methyl sites for hydroxylation is 1. The van der Waals surface area contributed by atoms with Gasteiger partial charge in [-0.3, -0.25) is 0 Å². The van der Waals surface area contributed by atoms with Gasteiger partial charge in [0, 0.05) is 12.5 Å². The van der Waals surface area contributed by atoms with E-state index in [0.29, 0.717) is 18.1 Å². The van der Waals surface area contributed by atoms with Gasteiger partial charge in [-0.1, -0.05) is 24.6 Å². The summed E-state index contributed by atoms with van der Waals surface area (Å²) >= 11 is 0. The Kier molecular flexibility index (Phi) is 4.28. The Hall–Kier alpha value is -1.02. The molecule has 100 valence electrons. The number of hydrogen-bond acceptors (Lipinski definition) is 2. The maximum Gasteiger partial charge on any atom is 0.123 e. The van der Waals surface area contributed by atoms with Crippen molar-refractivity contribution < 1.29 is 4.74 Å². The first-order valence-electron chi connectivity index (χ1n) is 7.02. The van der Waals surface area contributed by atoms with E-state index in [1.807, 2.05) is 7.05 Å². The zero-order valence-electron chi connectivity index (χ0n) is 12.0. The molecule has 3 unspecified atom stereocenters. The van der Waals surface area contributed by atoms with Gasteiger partial charge in [0.2, 0.25) is 0 Å². The van der Waals surface area contributed by atoms with E-state index < -0.39 is 0 Å². The van der Waals surface area contributed by atoms with Crippen molar-refractivity contribution in [2.45, 2.75) is 52.2 Å². The Labute approximate surface area is 111 Å². The molecule has 0 aliphatic carbocycles. The van der Waals surface area contributed by atoms with Crippen molar-refractivity contribution in [2.24, 2.45) is 5.92 Å². The van der Waals surface area contributed by atoms with Crippen LogP contribution in [0.4, 0.5) is 0 Å². The van der Waals surface area contributed by atoms with Crippen molar-refractivity contribution in [1.29, 1.82) is 0 Å². The molecule has 3 atom stereocenters. The minimum atomic E-state index is 0.376. The predicted octanol–water partition coefficient (Wildman–Crippen LogP) is 3.32. The quantitative estimate of drug-likeness (QED) is 0.862. The van der Waals surface area contributed by atoms with Crippen LogP contribution >= 0.6 is 0 Å². The molecule has 0 aromatic heterocycles. The van der Waals surface area contributed by atoms with Gasteiger partial charge in [-0.15, -0.1) is 0 Å². The molecule has 2 nitrogen and oxygen atoms in total. The smallest absolute Gasteiger partial charge is 0.123 e. The van der Waals surface area contributed by atoms with Gasteiger partial charge in [-0.25, -0.2) is 0 Å². The molecule has 1 aromatic rings. The Morgan fingerprint density at radius 2 is 2.17 bits per heavy atom. The summed E-state index contributed by atoms with van der Waals surface area (Å²) in [7, 11) is 2.03. The standard InChI is InChI=1S/C16H25NO/c1-11-5-6-16-14(8-11)10-15(18-16)9-12(2)7-13(3)17-4/h5-6,8,12-13,15,17H,7,9-10H2,1-4H3. The monoisotopic (exact) mass is 247 g/mol. The Morgan fingerprint density at radius 1 is 1.39 bits per heavy atom. The number of rotatable bonds is 5. The summed E-state index contributed by atoms with van der Waals surface area (Å²) in [6.45, 7) is 6.71. The molecule has 1 N–H and O–H groups in total. The SMILES string of the molecule is CNC(C)CC(C)CC1Cc2cc(C)ccc2O1. The summed E-state index contributed by atoms with van der Waals surface area (Å²) in [4.78, 5) is 0. The van der Waals surface area contributed by atoms with E-state index >= 15 is 0 Å². The fourth-order valence-corrected chi connectivity index (χ4v) is 2.85. The molecule has 2 heteroatoms. The first kappa shape index (κ1) is 13.4. The maximum atomic E-state index is 6.03. The van der Waals surface area contributed by atoms with Crippen LogP contribution < -0.4 is 10.1 Å². The van der Waals surface area contributed by atoms with E-state index in [2.05, 4.69) is 44.3 Å². The molecule has 0 spiro atoms. The molecular weight excluding hydrogens is 222 g/mol. The number of hydrogen-bond donors (Lipinski definition) is 1. The molecule has 1 aliphatic heterocycles. The Bertz CT molecular complexity index is 402. The van der Waals surface area contributed by atoms with Gasteiger partial charge in [-0.05, 0) is 51.3 Å². The van der Waals surface area contributed by atoms with Crippen LogP contribution in [-0.2, 0) is 6.42 Å². The molecule has 0 saturated heterocycles. The highest BCUT2D eigenvalue weighted by Crippen LogP contribution is 2.32. The summed E-state index contributed by atoms with van der Waals surface area (Å²) in [6, 6.07) is 7.10. The van der Waals surface area contributed by atoms with Crippen LogP contribution in [0.1, 0.15) is 37.8 Å². The fourth-order valence-electron chi connectivity index (χ4n) is 2.85. The molecule has 0 fully saturated rings. The van der Waals surface area contributed by atoms with Crippen LogP contribution in [0.5, 0.6) is 5.75 Å². The normalized spacial score (nSPS) is 21.2. The topological polar surface area (TPSA) is 21.3 Å². The number of benzene rings is 1. The average molecular weight is 247 g/mol. The van der Waals surface area contributed by atoms with Crippen molar-refractivity contribution in [3.8, 4) is 5.75 Å². The molecule has 18 heavy (non-hydrogen) atoms. The van der Waals surface area contributed by atoms with Crippen molar-refractivity contribution in [3.05, 3.63) is 29.3 Å². The van der Waals surface area contributed by atoms with Gasteiger partial charge >= 0.3 is 0 Å². The van der Waals surface area contributed by atoms with E-state index in [-0.39, 0.29) is 0 Å². The van der Waals surface area contributed by atoms with Crippen LogP contribution in [0.25, 0.3) is 0 Å². The second-order valence-corrected chi connectivity index (χ2v) is 5.82. The third-order valence-corrected chi connectivity index (χ3v) is 3.87. The van der Waals surface area contributed by atoms with Gasteiger partial charge in [0.05, 0.1) is 0 Å². The van der Waals surface area contributed by atoms with Crippen molar-refractivity contribution in [2.75, 3.05) is 7.05 Å². The minimum absolute atomic E-state index is 0.376. The summed E-state index contributed by atoms with van der Waals surface area (Å²) in [5.41, 5.74) is 2.71. The molecule has 1 aromatic carbocycles. The average Bonchev–Trinajstić information content (AvgIpc) is 2.69. The molecule has 1 aliphatic rings. The second-order valence-electron chi connectivity index (χ2n) is 5.82. The van der Waals surface area contributed by atoms with Crippen LogP contribution in [0, 0.1) is 12.8 Å². The molecule has 0 amide bonds. The Balaban J connectivity index is 1.87. The van der Waals surface area contributed by atoms with Crippen molar-refractivity contribution in [1.82, 2.24) is 5.32 Å². The first-order chi connectivity index (χ1) is 8.58. The minimum Gasteiger partial charge on any atom is -0.490 e. The number of nitrogens with one attached hydrogen (secondary N) is 1. The summed E-state index contributed by atoms with van der Waals surface area (Å²) in [6.07, 6.45) is 3.82. The maximum absolute atomic E-state index is 6.03. The third-order valence-electron chi connectivity index (χ3n) is 3.87. The van der Waals surface area contributed by atoms with E-state index in [0.717, 1.165) is 18.6 Å². The lowest BCUT2D eigenvalue weighted by Gasteiger charge is -2.19. The summed E-state index contributed by atoms with van der Waals surface area (Å²) < 4.78 is 6.03. The molecule has 1 heterocycles. The van der Waals surface area contributed by atoms with Crippen LogP contribution in [0.15, 0.2) is 18.2 Å². The van der Waals surface area contributed by atoms with E-state index in [1.165, 1.54) is 17.5 Å². The number of fused-ring (bicyclic) bond motifs is 1. The second kappa shape index (κ2) is 5.75. The van der Waals surface area contributed by atoms with Crippen LogP contribution in [0.2, 0.25) is 0 Å². The largest absolute Gasteiger partial charge is 0.490 e. The summed E-state index contributed by atoms with van der Waals surface area (Å²) in [5, 5.41) is 3.30. The van der Waals surface area contributed by atoms with E-state index in [1.54, 1.807) is 0 Å². The van der Waals surface area contributed by atoms with Gasteiger partial charge in [0.1, 0.15) is 11.9 Å². The highest BCUT2D eigenvalue weighted by molar-refractivity contribution is 5.40. The molecule has 0 radical (unpaired) electrons. The van der Waals surface area contributed by atoms with Gasteiger partial charge in [0.25, 0.3) is 0 Å². The van der Waals surface area contributed by atoms with E-state index in [9.17, 15) is 0 Å². The van der Waals surface area contributed by atoms with Crippen molar-refractivity contribution >= 4 is 0 Å². The number of ether oxygens (including phenoxy) is 1. The highest BCUT2D eigenvalue weighted by atomic mass is 16.5. The van der Waals surface area contributed by atoms with Gasteiger partial charge < -0.3 is 10.1 Å². The first-order valence-corrected chi connectivity index (χ1v) is 7.02. The lowest BCUT2D eigenvalue weighted by molar-refractivity contribution is 0.191. The Morgan fingerprint density at radius 3 is 2.89 bits per heavy atom. The molecule has 0 saturated carbocycles. The van der Waals surface area contributed by atoms with Crippen molar-refractivity contribution in [3.63, 3.8) is 0 Å². The van der Waals surface area contributed by atoms with Crippen LogP contribution in [-0.4, -0.2) is 19.2 Å². The zero-order valence-corrected chi connectivity index (χ0v) is 12.0.